The Bertz CT molecular complexity index is 13.5. The second-order valence-corrected chi connectivity index (χ2v) is 0.105. The van der Waals surface area contributed by atoms with Gasteiger partial charge in [-0.05, 0) is 0 Å². The Hall–Kier alpha value is -0.0105. The van der Waals surface area contributed by atoms with Crippen LogP contribution in [-0.2, 0) is 4.79 Å². The van der Waals surface area contributed by atoms with Crippen LogP contribution in [0.2, 0.25) is 0 Å². The molecule has 0 rings (SSSR count). The summed E-state index contributed by atoms with van der Waals surface area (Å²) in [6.07, 6.45) is 0. The standard InChI is InChI=1S/CH2O2.Se/c2-1-3;/h1H,(H,2,3);. The Morgan fingerprint density at radius 1 is 1.75 bits per heavy atom. The van der Waals surface area contributed by atoms with Crippen LogP contribution in [0.5, 0.6) is 0 Å². The van der Waals surface area contributed by atoms with Crippen molar-refractivity contribution in [3.05, 3.63) is 0 Å². The van der Waals surface area contributed by atoms with Crippen LogP contribution >= 0.6 is 0 Å². The topological polar surface area (TPSA) is 37.3 Å². The minimum absolute atomic E-state index is 0. The molecule has 0 aliphatic heterocycles. The summed E-state index contributed by atoms with van der Waals surface area (Å²) in [6, 6.07) is 0. The molecule has 0 spiro atoms. The van der Waals surface area contributed by atoms with Crippen molar-refractivity contribution in [1.29, 1.82) is 0 Å². The van der Waals surface area contributed by atoms with E-state index in [0.29, 0.717) is 0 Å². The summed E-state index contributed by atoms with van der Waals surface area (Å²) in [7, 11) is 0. The van der Waals surface area contributed by atoms with Crippen LogP contribution in [0.15, 0.2) is 0 Å². The second-order valence-electron chi connectivity index (χ2n) is 0.105. The molecule has 3 heteroatoms. The third-order valence-electron chi connectivity index (χ3n) is 0. The zero-order chi connectivity index (χ0) is 2.71. The fourth-order valence-electron chi connectivity index (χ4n) is 0. The van der Waals surface area contributed by atoms with E-state index in [1.54, 1.807) is 0 Å². The molecular formula is CH2O2Se. The van der Waals surface area contributed by atoms with Gasteiger partial charge >= 0.3 is 0 Å². The molecule has 4 heavy (non-hydrogen) atoms. The first-order valence-electron chi connectivity index (χ1n) is 0.494. The molecule has 0 heterocycles. The Labute approximate surface area is 34.3 Å². The van der Waals surface area contributed by atoms with E-state index in [2.05, 4.69) is 0 Å². The largest absolute Gasteiger partial charge is 0.483 e. The van der Waals surface area contributed by atoms with Gasteiger partial charge in [0, 0.05) is 17.1 Å². The van der Waals surface area contributed by atoms with Gasteiger partial charge in [-0.3, -0.25) is 4.79 Å². The van der Waals surface area contributed by atoms with Crippen molar-refractivity contribution < 1.29 is 9.90 Å². The molecule has 2 nitrogen and oxygen atoms in total. The van der Waals surface area contributed by atoms with Gasteiger partial charge in [0.2, 0.25) is 0 Å². The zero-order valence-electron chi connectivity index (χ0n) is 1.84. The predicted molar refractivity (Wildman–Crippen MR) is 14.4 cm³/mol. The van der Waals surface area contributed by atoms with Gasteiger partial charge in [0.25, 0.3) is 6.47 Å². The quantitative estimate of drug-likeness (QED) is 0.344. The molecule has 0 atom stereocenters. The molecule has 1 N–H and O–H groups in total. The van der Waals surface area contributed by atoms with Crippen LogP contribution in [0, 0.1) is 0 Å². The molecule has 0 aromatic rings. The Kier molecular flexibility index (Phi) is 27.2. The van der Waals surface area contributed by atoms with E-state index in [1.165, 1.54) is 0 Å². The van der Waals surface area contributed by atoms with Crippen LogP contribution < -0.4 is 0 Å². The van der Waals surface area contributed by atoms with Gasteiger partial charge in [0.1, 0.15) is 0 Å². The van der Waals surface area contributed by atoms with Gasteiger partial charge in [0.15, 0.2) is 0 Å². The van der Waals surface area contributed by atoms with E-state index >= 15 is 0 Å². The summed E-state index contributed by atoms with van der Waals surface area (Å²) in [5.74, 6) is 0. The molecule has 0 aliphatic carbocycles. The molecule has 0 saturated heterocycles. The number of carboxylic acid groups (broad SMARTS) is 1. The van der Waals surface area contributed by atoms with Crippen LogP contribution in [-0.4, -0.2) is 28.6 Å². The Morgan fingerprint density at radius 3 is 1.75 bits per heavy atom. The maximum Gasteiger partial charge on any atom is 0.290 e. The number of hydrogen-bond acceptors (Lipinski definition) is 1. The van der Waals surface area contributed by atoms with Crippen LogP contribution in [0.3, 0.4) is 0 Å². The first kappa shape index (κ1) is 9.01. The van der Waals surface area contributed by atoms with E-state index < -0.39 is 0 Å². The third kappa shape index (κ3) is 17600. The van der Waals surface area contributed by atoms with Crippen molar-refractivity contribution in [2.45, 2.75) is 0 Å². The van der Waals surface area contributed by atoms with Gasteiger partial charge in [0.05, 0.1) is 0 Å². The van der Waals surface area contributed by atoms with Crippen LogP contribution in [0.25, 0.3) is 0 Å². The van der Waals surface area contributed by atoms with Gasteiger partial charge in [-0.25, -0.2) is 0 Å². The molecule has 0 saturated carbocycles. The first-order valence-corrected chi connectivity index (χ1v) is 0.494. The van der Waals surface area contributed by atoms with Gasteiger partial charge in [-0.15, -0.1) is 0 Å². The van der Waals surface area contributed by atoms with E-state index in [-0.39, 0.29) is 23.5 Å². The third-order valence-corrected chi connectivity index (χ3v) is 0. The van der Waals surface area contributed by atoms with Crippen molar-refractivity contribution in [2.75, 3.05) is 0 Å². The SMILES string of the molecule is O=CO.[Se]. The van der Waals surface area contributed by atoms with Gasteiger partial charge in [-0.2, -0.15) is 0 Å². The summed E-state index contributed by atoms with van der Waals surface area (Å²) in [6.45, 7) is -0.250. The molecule has 0 aliphatic rings. The second kappa shape index (κ2) is 12.1. The minimum atomic E-state index is -0.250. The molecule has 0 aromatic heterocycles. The van der Waals surface area contributed by atoms with Crippen molar-refractivity contribution >= 4 is 23.5 Å². The van der Waals surface area contributed by atoms with Gasteiger partial charge in [-0.1, -0.05) is 0 Å². The molecule has 0 fully saturated rings. The molecule has 0 amide bonds. The fourth-order valence-corrected chi connectivity index (χ4v) is 0. The van der Waals surface area contributed by atoms with Crippen molar-refractivity contribution in [3.8, 4) is 0 Å². The summed E-state index contributed by atoms with van der Waals surface area (Å²) < 4.78 is 0. The number of carbonyl (C=O) groups is 1. The molecule has 0 bridgehead atoms. The van der Waals surface area contributed by atoms with E-state index in [0.717, 1.165) is 0 Å². The van der Waals surface area contributed by atoms with Gasteiger partial charge < -0.3 is 5.11 Å². The Morgan fingerprint density at radius 2 is 1.75 bits per heavy atom. The van der Waals surface area contributed by atoms with E-state index in [4.69, 9.17) is 9.90 Å². The van der Waals surface area contributed by atoms with E-state index in [9.17, 15) is 0 Å². The van der Waals surface area contributed by atoms with Crippen molar-refractivity contribution in [2.24, 2.45) is 0 Å². The molecular weight excluding hydrogens is 123 g/mol. The summed E-state index contributed by atoms with van der Waals surface area (Å²) in [5.41, 5.74) is 0. The molecule has 0 unspecified atom stereocenters. The zero-order valence-corrected chi connectivity index (χ0v) is 3.55. The van der Waals surface area contributed by atoms with E-state index in [1.807, 2.05) is 0 Å². The monoisotopic (exact) mass is 126 g/mol. The van der Waals surface area contributed by atoms with Crippen LogP contribution in [0.4, 0.5) is 0 Å². The smallest absolute Gasteiger partial charge is 0.290 e. The molecule has 0 aromatic carbocycles. The normalized spacial score (nSPS) is 3.00. The maximum atomic E-state index is 8.36. The van der Waals surface area contributed by atoms with Crippen LogP contribution in [0.1, 0.15) is 0 Å². The average molecular weight is 125 g/mol. The molecule has 24 valence electrons. The average Bonchev–Trinajstić information content (AvgIpc) is 0.918. The first-order chi connectivity index (χ1) is 1.41. The number of rotatable bonds is 0. The fraction of sp³-hybridized carbons (Fsp3) is 0. The summed E-state index contributed by atoms with van der Waals surface area (Å²) >= 11 is 0. The number of hydrogen-bond donors (Lipinski definition) is 1. The summed E-state index contributed by atoms with van der Waals surface area (Å²) in [4.78, 5) is 8.36. The summed E-state index contributed by atoms with van der Waals surface area (Å²) in [5, 5.41) is 6.89. The maximum absolute atomic E-state index is 8.36. The minimum Gasteiger partial charge on any atom is -0.483 e. The predicted octanol–water partition coefficient (Wildman–Crippen LogP) is -0.680. The Balaban J connectivity index is 0. The molecule has 2 radical (unpaired) electrons. The van der Waals surface area contributed by atoms with Crippen molar-refractivity contribution in [1.82, 2.24) is 0 Å². The van der Waals surface area contributed by atoms with Crippen molar-refractivity contribution in [3.63, 3.8) is 0 Å².